The van der Waals surface area contributed by atoms with Gasteiger partial charge < -0.3 is 4.57 Å². The summed E-state index contributed by atoms with van der Waals surface area (Å²) in [6.07, 6.45) is 2.05. The summed E-state index contributed by atoms with van der Waals surface area (Å²) < 4.78 is 3.23. The second-order valence-corrected chi connectivity index (χ2v) is 3.93. The maximum atomic E-state index is 3.46. The van der Waals surface area contributed by atoms with Crippen molar-refractivity contribution in [2.24, 2.45) is 7.05 Å². The summed E-state index contributed by atoms with van der Waals surface area (Å²) >= 11 is 3.46. The van der Waals surface area contributed by atoms with Crippen LogP contribution in [0.15, 0.2) is 47.1 Å². The standard InChI is InChI=1S/C11H10BrN/c1-13-7-3-6-11(13)9-4-2-5-10(12)8-9/h2-8H,1H3. The van der Waals surface area contributed by atoms with Crippen molar-refractivity contribution in [1.29, 1.82) is 0 Å². The van der Waals surface area contributed by atoms with Crippen molar-refractivity contribution in [3.8, 4) is 11.3 Å². The van der Waals surface area contributed by atoms with Gasteiger partial charge in [0.05, 0.1) is 0 Å². The molecule has 2 aromatic rings. The predicted octanol–water partition coefficient (Wildman–Crippen LogP) is 3.45. The molecule has 1 nitrogen and oxygen atoms in total. The Morgan fingerprint density at radius 3 is 2.62 bits per heavy atom. The molecule has 1 aromatic heterocycles. The lowest BCUT2D eigenvalue weighted by Gasteiger charge is -2.03. The van der Waals surface area contributed by atoms with Gasteiger partial charge in [-0.3, -0.25) is 0 Å². The van der Waals surface area contributed by atoms with Gasteiger partial charge in [0.1, 0.15) is 0 Å². The fraction of sp³-hybridized carbons (Fsp3) is 0.0909. The zero-order chi connectivity index (χ0) is 9.26. The van der Waals surface area contributed by atoms with Gasteiger partial charge in [0.2, 0.25) is 0 Å². The molecule has 1 heterocycles. The van der Waals surface area contributed by atoms with E-state index in [1.807, 2.05) is 12.1 Å². The lowest BCUT2D eigenvalue weighted by Crippen LogP contribution is -1.88. The van der Waals surface area contributed by atoms with E-state index in [0.717, 1.165) is 4.47 Å². The number of nitrogens with zero attached hydrogens (tertiary/aromatic N) is 1. The third kappa shape index (κ3) is 1.68. The van der Waals surface area contributed by atoms with Crippen LogP contribution in [-0.2, 0) is 7.05 Å². The summed E-state index contributed by atoms with van der Waals surface area (Å²) in [5, 5.41) is 0. The summed E-state index contributed by atoms with van der Waals surface area (Å²) in [5.41, 5.74) is 2.48. The SMILES string of the molecule is Cn1cccc1-c1cccc(Br)c1. The molecular weight excluding hydrogens is 226 g/mol. The molecule has 0 aliphatic carbocycles. The van der Waals surface area contributed by atoms with E-state index in [1.54, 1.807) is 0 Å². The molecule has 0 radical (unpaired) electrons. The van der Waals surface area contributed by atoms with Crippen LogP contribution in [0.25, 0.3) is 11.3 Å². The summed E-state index contributed by atoms with van der Waals surface area (Å²) in [4.78, 5) is 0. The van der Waals surface area contributed by atoms with Crippen LogP contribution in [0.4, 0.5) is 0 Å². The van der Waals surface area contributed by atoms with Gasteiger partial charge in [-0.15, -0.1) is 0 Å². The second-order valence-electron chi connectivity index (χ2n) is 3.01. The number of halogens is 1. The Balaban J connectivity index is 2.53. The molecule has 2 rings (SSSR count). The van der Waals surface area contributed by atoms with Gasteiger partial charge in [-0.25, -0.2) is 0 Å². The monoisotopic (exact) mass is 235 g/mol. The zero-order valence-electron chi connectivity index (χ0n) is 7.37. The average Bonchev–Trinajstić information content (AvgIpc) is 2.51. The van der Waals surface area contributed by atoms with Crippen LogP contribution >= 0.6 is 15.9 Å². The fourth-order valence-electron chi connectivity index (χ4n) is 1.41. The highest BCUT2D eigenvalue weighted by atomic mass is 79.9. The Labute approximate surface area is 86.1 Å². The first kappa shape index (κ1) is 8.57. The smallest absolute Gasteiger partial charge is 0.0478 e. The minimum absolute atomic E-state index is 1.12. The van der Waals surface area contributed by atoms with E-state index in [-0.39, 0.29) is 0 Å². The minimum atomic E-state index is 1.12. The average molecular weight is 236 g/mol. The second kappa shape index (κ2) is 3.38. The van der Waals surface area contributed by atoms with Crippen molar-refractivity contribution in [3.63, 3.8) is 0 Å². The number of aryl methyl sites for hydroxylation is 1. The first-order valence-electron chi connectivity index (χ1n) is 4.14. The maximum Gasteiger partial charge on any atom is 0.0478 e. The summed E-state index contributed by atoms with van der Waals surface area (Å²) in [7, 11) is 2.05. The van der Waals surface area contributed by atoms with Gasteiger partial charge in [-0.05, 0) is 29.8 Å². The van der Waals surface area contributed by atoms with Crippen molar-refractivity contribution in [1.82, 2.24) is 4.57 Å². The van der Waals surface area contributed by atoms with E-state index in [4.69, 9.17) is 0 Å². The quantitative estimate of drug-likeness (QED) is 0.714. The molecule has 0 saturated heterocycles. The Kier molecular flexibility index (Phi) is 2.23. The molecule has 0 saturated carbocycles. The van der Waals surface area contributed by atoms with E-state index in [9.17, 15) is 0 Å². The molecule has 0 aliphatic rings. The van der Waals surface area contributed by atoms with Crippen LogP contribution in [0.3, 0.4) is 0 Å². The molecule has 13 heavy (non-hydrogen) atoms. The van der Waals surface area contributed by atoms with Crippen molar-refractivity contribution in [2.75, 3.05) is 0 Å². The van der Waals surface area contributed by atoms with Gasteiger partial charge in [0.15, 0.2) is 0 Å². The van der Waals surface area contributed by atoms with Gasteiger partial charge >= 0.3 is 0 Å². The van der Waals surface area contributed by atoms with Crippen LogP contribution in [0.2, 0.25) is 0 Å². The molecule has 0 aliphatic heterocycles. The Hall–Kier alpha value is -1.02. The van der Waals surface area contributed by atoms with Gasteiger partial charge in [0.25, 0.3) is 0 Å². The summed E-state index contributed by atoms with van der Waals surface area (Å²) in [6.45, 7) is 0. The number of benzene rings is 1. The van der Waals surface area contributed by atoms with E-state index in [2.05, 4.69) is 58.0 Å². The summed E-state index contributed by atoms with van der Waals surface area (Å²) in [5.74, 6) is 0. The van der Waals surface area contributed by atoms with E-state index in [0.29, 0.717) is 0 Å². The first-order chi connectivity index (χ1) is 6.27. The van der Waals surface area contributed by atoms with Crippen molar-refractivity contribution in [2.45, 2.75) is 0 Å². The normalized spacial score (nSPS) is 10.3. The lowest BCUT2D eigenvalue weighted by atomic mass is 10.1. The zero-order valence-corrected chi connectivity index (χ0v) is 8.95. The molecule has 66 valence electrons. The van der Waals surface area contributed by atoms with Gasteiger partial charge in [-0.1, -0.05) is 28.1 Å². The van der Waals surface area contributed by atoms with Crippen LogP contribution in [0.1, 0.15) is 0 Å². The molecule has 0 bridgehead atoms. The Bertz CT molecular complexity index is 418. The van der Waals surface area contributed by atoms with Crippen LogP contribution in [-0.4, -0.2) is 4.57 Å². The molecule has 0 unspecified atom stereocenters. The van der Waals surface area contributed by atoms with Crippen LogP contribution in [0, 0.1) is 0 Å². The third-order valence-corrected chi connectivity index (χ3v) is 2.56. The molecule has 0 N–H and O–H groups in total. The van der Waals surface area contributed by atoms with E-state index in [1.165, 1.54) is 11.3 Å². The van der Waals surface area contributed by atoms with Crippen LogP contribution < -0.4 is 0 Å². The number of hydrogen-bond donors (Lipinski definition) is 0. The van der Waals surface area contributed by atoms with Crippen molar-refractivity contribution >= 4 is 15.9 Å². The lowest BCUT2D eigenvalue weighted by molar-refractivity contribution is 0.937. The van der Waals surface area contributed by atoms with Crippen LogP contribution in [0.5, 0.6) is 0 Å². The molecule has 0 amide bonds. The number of aromatic nitrogens is 1. The highest BCUT2D eigenvalue weighted by molar-refractivity contribution is 9.10. The predicted molar refractivity (Wildman–Crippen MR) is 58.5 cm³/mol. The number of rotatable bonds is 1. The topological polar surface area (TPSA) is 4.93 Å². The highest BCUT2D eigenvalue weighted by Crippen LogP contribution is 2.22. The van der Waals surface area contributed by atoms with Gasteiger partial charge in [-0.2, -0.15) is 0 Å². The van der Waals surface area contributed by atoms with Crippen molar-refractivity contribution in [3.05, 3.63) is 47.1 Å². The maximum absolute atomic E-state index is 3.46. The summed E-state index contributed by atoms with van der Waals surface area (Å²) in [6, 6.07) is 12.5. The highest BCUT2D eigenvalue weighted by Gasteiger charge is 2.00. The fourth-order valence-corrected chi connectivity index (χ4v) is 1.81. The van der Waals surface area contributed by atoms with Crippen molar-refractivity contribution < 1.29 is 0 Å². The van der Waals surface area contributed by atoms with Gasteiger partial charge in [0, 0.05) is 23.4 Å². The number of hydrogen-bond acceptors (Lipinski definition) is 0. The largest absolute Gasteiger partial charge is 0.351 e. The molecule has 0 fully saturated rings. The van der Waals surface area contributed by atoms with E-state index >= 15 is 0 Å². The van der Waals surface area contributed by atoms with E-state index < -0.39 is 0 Å². The molecule has 0 spiro atoms. The molecule has 2 heteroatoms. The minimum Gasteiger partial charge on any atom is -0.351 e. The Morgan fingerprint density at radius 2 is 2.00 bits per heavy atom. The third-order valence-electron chi connectivity index (χ3n) is 2.06. The molecule has 0 atom stereocenters. The Morgan fingerprint density at radius 1 is 1.15 bits per heavy atom. The first-order valence-corrected chi connectivity index (χ1v) is 4.94. The molecular formula is C11H10BrN. The molecule has 1 aromatic carbocycles.